The first kappa shape index (κ1) is 18.7. The van der Waals surface area contributed by atoms with Gasteiger partial charge in [-0.1, -0.05) is 18.7 Å². The molecule has 10 heteroatoms. The van der Waals surface area contributed by atoms with Gasteiger partial charge < -0.3 is 19.9 Å². The quantitative estimate of drug-likeness (QED) is 0.598. The number of likely N-dealkylation sites (N-methyl/N-ethyl adjacent to an activating group) is 2. The number of amides is 2. The minimum absolute atomic E-state index is 0.190. The number of rotatable bonds is 4. The van der Waals surface area contributed by atoms with Crippen molar-refractivity contribution in [3.8, 4) is 0 Å². The minimum atomic E-state index is -0.567. The summed E-state index contributed by atoms with van der Waals surface area (Å²) in [7, 11) is 3.37. The fraction of sp³-hybridized carbons (Fsp3) is 0.438. The molecule has 2 amide bonds. The number of hydrogen-bond donors (Lipinski definition) is 2. The molecule has 2 aliphatic rings. The lowest BCUT2D eigenvalue weighted by molar-refractivity contribution is 0.124. The van der Waals surface area contributed by atoms with Crippen molar-refractivity contribution in [1.29, 1.82) is 0 Å². The van der Waals surface area contributed by atoms with Crippen LogP contribution < -0.4 is 10.2 Å². The molecule has 1 unspecified atom stereocenters. The first-order chi connectivity index (χ1) is 12.3. The highest BCUT2D eigenvalue weighted by molar-refractivity contribution is 7.96. The smallest absolute Gasteiger partial charge is 0.414 e. The molecule has 2 saturated heterocycles. The molecule has 7 nitrogen and oxygen atoms in total. The molecule has 3 rings (SSSR count). The van der Waals surface area contributed by atoms with E-state index in [2.05, 4.69) is 17.9 Å². The van der Waals surface area contributed by atoms with Crippen LogP contribution in [0.4, 0.5) is 19.7 Å². The molecule has 0 spiro atoms. The highest BCUT2D eigenvalue weighted by Gasteiger charge is 2.34. The number of cyclic esters (lactones) is 1. The first-order valence-corrected chi connectivity index (χ1v) is 8.85. The van der Waals surface area contributed by atoms with Crippen LogP contribution in [0, 0.1) is 5.82 Å². The van der Waals surface area contributed by atoms with Crippen molar-refractivity contribution in [3.63, 3.8) is 0 Å². The molecule has 1 aromatic carbocycles. The Balaban J connectivity index is 1.74. The van der Waals surface area contributed by atoms with E-state index in [9.17, 15) is 14.0 Å². The van der Waals surface area contributed by atoms with Gasteiger partial charge in [0, 0.05) is 26.2 Å². The molecular weight excluding hydrogens is 379 g/mol. The maximum absolute atomic E-state index is 14.7. The Morgan fingerprint density at radius 2 is 2.27 bits per heavy atom. The van der Waals surface area contributed by atoms with Crippen molar-refractivity contribution in [2.24, 2.45) is 0 Å². The molecule has 0 bridgehead atoms. The number of thiol groups is 1. The van der Waals surface area contributed by atoms with Crippen LogP contribution in [0.2, 0.25) is 0 Å². The predicted molar refractivity (Wildman–Crippen MR) is 102 cm³/mol. The van der Waals surface area contributed by atoms with E-state index in [1.54, 1.807) is 24.1 Å². The maximum atomic E-state index is 14.7. The fourth-order valence-electron chi connectivity index (χ4n) is 3.07. The second-order valence-corrected chi connectivity index (χ2v) is 7.07. The average Bonchev–Trinajstić information content (AvgIpc) is 3.10. The molecular formula is C16H19FN4O3S2. The highest BCUT2D eigenvalue weighted by Crippen LogP contribution is 2.30. The minimum Gasteiger partial charge on any atom is -0.442 e. The van der Waals surface area contributed by atoms with E-state index < -0.39 is 23.3 Å². The number of ether oxygens (including phenoxy) is 1. The summed E-state index contributed by atoms with van der Waals surface area (Å²) in [6, 6.07) is 4.47. The maximum Gasteiger partial charge on any atom is 0.414 e. The van der Waals surface area contributed by atoms with Gasteiger partial charge in [0.1, 0.15) is 11.9 Å². The molecule has 26 heavy (non-hydrogen) atoms. The van der Waals surface area contributed by atoms with Gasteiger partial charge in [0.05, 0.1) is 24.8 Å². The SMILES string of the molecule is CN(C[C@@H]1CN(c2ccc(C3CNC(=S)N3C)c(F)c2)C(=O)O1)C(=O)S. The summed E-state index contributed by atoms with van der Waals surface area (Å²) in [5.41, 5.74) is 0.919. The van der Waals surface area contributed by atoms with E-state index in [1.807, 2.05) is 7.05 Å². The lowest BCUT2D eigenvalue weighted by Gasteiger charge is -2.21. The molecule has 0 radical (unpaired) electrons. The molecule has 2 heterocycles. The summed E-state index contributed by atoms with van der Waals surface area (Å²) in [6.45, 7) is 0.989. The molecule has 140 valence electrons. The Morgan fingerprint density at radius 3 is 2.85 bits per heavy atom. The van der Waals surface area contributed by atoms with Gasteiger partial charge in [0.15, 0.2) is 5.11 Å². The third-order valence-corrected chi connectivity index (χ3v) is 5.34. The summed E-state index contributed by atoms with van der Waals surface area (Å²) in [4.78, 5) is 27.8. The van der Waals surface area contributed by atoms with Crippen LogP contribution in [0.25, 0.3) is 0 Å². The molecule has 0 aliphatic carbocycles. The van der Waals surface area contributed by atoms with E-state index in [0.717, 1.165) is 0 Å². The van der Waals surface area contributed by atoms with Crippen LogP contribution in [0.15, 0.2) is 18.2 Å². The zero-order valence-electron chi connectivity index (χ0n) is 14.3. The van der Waals surface area contributed by atoms with Crippen molar-refractivity contribution >= 4 is 47.0 Å². The lowest BCUT2D eigenvalue weighted by Crippen LogP contribution is -2.33. The van der Waals surface area contributed by atoms with Crippen LogP contribution in [-0.2, 0) is 4.74 Å². The number of carbonyl (C=O) groups is 2. The van der Waals surface area contributed by atoms with Crippen LogP contribution in [0.5, 0.6) is 0 Å². The topological polar surface area (TPSA) is 65.1 Å². The van der Waals surface area contributed by atoms with Crippen molar-refractivity contribution in [3.05, 3.63) is 29.6 Å². The lowest BCUT2D eigenvalue weighted by atomic mass is 10.1. The number of benzene rings is 1. The largest absolute Gasteiger partial charge is 0.442 e. The number of nitrogens with zero attached hydrogens (tertiary/aromatic N) is 3. The van der Waals surface area contributed by atoms with Crippen LogP contribution >= 0.6 is 24.8 Å². The average molecular weight is 398 g/mol. The molecule has 1 N–H and O–H groups in total. The molecule has 2 atom stereocenters. The zero-order valence-corrected chi connectivity index (χ0v) is 16.0. The normalized spacial score (nSPS) is 22.5. The van der Waals surface area contributed by atoms with Gasteiger partial charge in [-0.15, -0.1) is 0 Å². The van der Waals surface area contributed by atoms with Gasteiger partial charge >= 0.3 is 6.09 Å². The molecule has 2 aliphatic heterocycles. The standard InChI is InChI=1S/C16H19FN4O3S2/c1-19(16(23)26)7-10-8-21(15(22)24-10)9-3-4-11(12(17)5-9)13-6-18-14(25)20(13)2/h3-5,10,13H,6-8H2,1-2H3,(H,18,25)(H,23,26)/t10-,13?/m1/s1. The third-order valence-electron chi connectivity index (χ3n) is 4.57. The van der Waals surface area contributed by atoms with Crippen molar-refractivity contribution in [2.75, 3.05) is 38.6 Å². The van der Waals surface area contributed by atoms with Crippen LogP contribution in [-0.4, -0.2) is 66.1 Å². The van der Waals surface area contributed by atoms with Crippen LogP contribution in [0.3, 0.4) is 0 Å². The first-order valence-electron chi connectivity index (χ1n) is 8.00. The third kappa shape index (κ3) is 3.56. The van der Waals surface area contributed by atoms with Crippen molar-refractivity contribution < 1.29 is 18.7 Å². The van der Waals surface area contributed by atoms with Gasteiger partial charge in [-0.2, -0.15) is 0 Å². The van der Waals surface area contributed by atoms with E-state index in [-0.39, 0.29) is 19.1 Å². The van der Waals surface area contributed by atoms with Gasteiger partial charge in [-0.05, 0) is 24.4 Å². The summed E-state index contributed by atoms with van der Waals surface area (Å²) in [6.07, 6.45) is -1.06. The number of nitrogens with one attached hydrogen (secondary N) is 1. The Labute approximate surface area is 161 Å². The van der Waals surface area contributed by atoms with Gasteiger partial charge in [-0.3, -0.25) is 9.69 Å². The van der Waals surface area contributed by atoms with Gasteiger partial charge in [0.25, 0.3) is 5.24 Å². The second-order valence-electron chi connectivity index (χ2n) is 6.30. The summed E-state index contributed by atoms with van der Waals surface area (Å²) in [5, 5.41) is 3.18. The van der Waals surface area contributed by atoms with Crippen molar-refractivity contribution in [1.82, 2.24) is 15.1 Å². The van der Waals surface area contributed by atoms with Gasteiger partial charge in [0.2, 0.25) is 0 Å². The zero-order chi connectivity index (χ0) is 19.0. The molecule has 0 aromatic heterocycles. The van der Waals surface area contributed by atoms with Crippen molar-refractivity contribution in [2.45, 2.75) is 12.1 Å². The monoisotopic (exact) mass is 398 g/mol. The Morgan fingerprint density at radius 1 is 1.54 bits per heavy atom. The summed E-state index contributed by atoms with van der Waals surface area (Å²) < 4.78 is 19.9. The summed E-state index contributed by atoms with van der Waals surface area (Å²) in [5.74, 6) is -0.412. The Bertz CT molecular complexity index is 763. The Kier molecular flexibility index (Phi) is 5.24. The van der Waals surface area contributed by atoms with Crippen LogP contribution in [0.1, 0.15) is 11.6 Å². The molecule has 1 aromatic rings. The van der Waals surface area contributed by atoms with E-state index in [1.165, 1.54) is 15.9 Å². The Hall–Kier alpha value is -2.07. The summed E-state index contributed by atoms with van der Waals surface area (Å²) >= 11 is 8.87. The number of anilines is 1. The van der Waals surface area contributed by atoms with E-state index in [0.29, 0.717) is 22.9 Å². The molecule has 2 fully saturated rings. The second kappa shape index (κ2) is 7.28. The number of halogens is 1. The van der Waals surface area contributed by atoms with E-state index in [4.69, 9.17) is 17.0 Å². The fourth-order valence-corrected chi connectivity index (χ4v) is 3.36. The highest BCUT2D eigenvalue weighted by atomic mass is 32.1. The predicted octanol–water partition coefficient (Wildman–Crippen LogP) is 1.99. The van der Waals surface area contributed by atoms with Gasteiger partial charge in [-0.25, -0.2) is 9.18 Å². The number of hydrogen-bond acceptors (Lipinski definition) is 4. The molecule has 0 saturated carbocycles. The number of carbonyl (C=O) groups excluding carboxylic acids is 2. The number of thiocarbonyl (C=S) groups is 1. The van der Waals surface area contributed by atoms with E-state index >= 15 is 0 Å².